The van der Waals surface area contributed by atoms with E-state index in [-0.39, 0.29) is 17.7 Å². The number of hydrogen-bond acceptors (Lipinski definition) is 3. The van der Waals surface area contributed by atoms with Crippen LogP contribution in [0.4, 0.5) is 0 Å². The van der Waals surface area contributed by atoms with E-state index in [1.165, 1.54) is 0 Å². The molecule has 4 N–H and O–H groups in total. The number of nitrogens with one attached hydrogen (secondary N) is 1. The van der Waals surface area contributed by atoms with Crippen LogP contribution < -0.4 is 11.1 Å². The van der Waals surface area contributed by atoms with E-state index in [2.05, 4.69) is 5.32 Å². The van der Waals surface area contributed by atoms with Crippen molar-refractivity contribution in [3.63, 3.8) is 0 Å². The number of aliphatic carboxylic acids is 1. The zero-order chi connectivity index (χ0) is 14.4. The molecule has 0 aromatic rings. The molecule has 19 heavy (non-hydrogen) atoms. The second kappa shape index (κ2) is 7.48. The van der Waals surface area contributed by atoms with E-state index in [1.807, 2.05) is 13.8 Å². The van der Waals surface area contributed by atoms with Gasteiger partial charge in [-0.15, -0.1) is 0 Å². The highest BCUT2D eigenvalue weighted by atomic mass is 16.4. The van der Waals surface area contributed by atoms with E-state index >= 15 is 0 Å². The maximum Gasteiger partial charge on any atom is 0.306 e. The second-order valence-corrected chi connectivity index (χ2v) is 5.71. The highest BCUT2D eigenvalue weighted by Crippen LogP contribution is 2.28. The van der Waals surface area contributed by atoms with Crippen LogP contribution >= 0.6 is 0 Å². The van der Waals surface area contributed by atoms with E-state index in [1.54, 1.807) is 0 Å². The molecule has 0 aliphatic heterocycles. The van der Waals surface area contributed by atoms with Crippen LogP contribution in [-0.2, 0) is 9.59 Å². The van der Waals surface area contributed by atoms with Crippen molar-refractivity contribution in [1.82, 2.24) is 5.32 Å². The maximum atomic E-state index is 11.8. The Labute approximate surface area is 114 Å². The Bertz CT molecular complexity index is 312. The van der Waals surface area contributed by atoms with Crippen molar-refractivity contribution >= 4 is 11.9 Å². The molecule has 0 aromatic carbocycles. The first kappa shape index (κ1) is 16.0. The number of carbonyl (C=O) groups is 2. The standard InChI is InChI=1S/C14H26N2O3/c1-3-9(2)12(15)13(17)16-8-10-4-6-11(7-5-10)14(18)19/h9-12H,3-8,15H2,1-2H3,(H,16,17)(H,18,19)/t9-,10?,11?,12-/m0/s1. The van der Waals surface area contributed by atoms with E-state index in [0.717, 1.165) is 19.3 Å². The van der Waals surface area contributed by atoms with E-state index in [9.17, 15) is 9.59 Å². The summed E-state index contributed by atoms with van der Waals surface area (Å²) in [5, 5.41) is 11.8. The summed E-state index contributed by atoms with van der Waals surface area (Å²) < 4.78 is 0. The van der Waals surface area contributed by atoms with Gasteiger partial charge in [-0.1, -0.05) is 20.3 Å². The zero-order valence-electron chi connectivity index (χ0n) is 11.9. The number of nitrogens with two attached hydrogens (primary N) is 1. The fourth-order valence-corrected chi connectivity index (χ4v) is 2.49. The molecule has 0 radical (unpaired) electrons. The van der Waals surface area contributed by atoms with Gasteiger partial charge in [0.2, 0.25) is 5.91 Å². The summed E-state index contributed by atoms with van der Waals surface area (Å²) in [4.78, 5) is 22.7. The van der Waals surface area contributed by atoms with Crippen LogP contribution in [-0.4, -0.2) is 29.6 Å². The van der Waals surface area contributed by atoms with Gasteiger partial charge in [0.25, 0.3) is 0 Å². The number of rotatable bonds is 6. The molecule has 1 amide bonds. The van der Waals surface area contributed by atoms with Crippen LogP contribution in [0.2, 0.25) is 0 Å². The summed E-state index contributed by atoms with van der Waals surface area (Å²) in [6, 6.07) is -0.444. The van der Waals surface area contributed by atoms with Crippen LogP contribution in [0.3, 0.4) is 0 Å². The summed E-state index contributed by atoms with van der Waals surface area (Å²) in [6.45, 7) is 4.61. The molecule has 5 heteroatoms. The van der Waals surface area contributed by atoms with Gasteiger partial charge in [-0.2, -0.15) is 0 Å². The van der Waals surface area contributed by atoms with Gasteiger partial charge in [-0.3, -0.25) is 9.59 Å². The molecule has 0 aromatic heterocycles. The molecule has 2 atom stereocenters. The van der Waals surface area contributed by atoms with Gasteiger partial charge in [0.15, 0.2) is 0 Å². The molecule has 5 nitrogen and oxygen atoms in total. The molecular weight excluding hydrogens is 244 g/mol. The summed E-state index contributed by atoms with van der Waals surface area (Å²) in [6.07, 6.45) is 4.06. The van der Waals surface area contributed by atoms with Gasteiger partial charge < -0.3 is 16.2 Å². The molecule has 0 saturated heterocycles. The lowest BCUT2D eigenvalue weighted by molar-refractivity contribution is -0.143. The predicted octanol–water partition coefficient (Wildman–Crippen LogP) is 1.37. The zero-order valence-corrected chi connectivity index (χ0v) is 11.9. The summed E-state index contributed by atoms with van der Waals surface area (Å²) in [5.41, 5.74) is 5.86. The Morgan fingerprint density at radius 2 is 1.89 bits per heavy atom. The molecule has 0 heterocycles. The molecule has 1 saturated carbocycles. The predicted molar refractivity (Wildman–Crippen MR) is 73.5 cm³/mol. The number of carboxylic acids is 1. The van der Waals surface area contributed by atoms with Crippen molar-refractivity contribution in [2.24, 2.45) is 23.5 Å². The first-order valence-electron chi connectivity index (χ1n) is 7.21. The van der Waals surface area contributed by atoms with Crippen molar-refractivity contribution in [2.75, 3.05) is 6.54 Å². The van der Waals surface area contributed by atoms with Crippen molar-refractivity contribution in [3.8, 4) is 0 Å². The smallest absolute Gasteiger partial charge is 0.306 e. The SMILES string of the molecule is CC[C@H](C)[C@H](N)C(=O)NCC1CCC(C(=O)O)CC1. The van der Waals surface area contributed by atoms with Crippen molar-refractivity contribution < 1.29 is 14.7 Å². The average molecular weight is 270 g/mol. The van der Waals surface area contributed by atoms with Gasteiger partial charge in [-0.25, -0.2) is 0 Å². The third kappa shape index (κ3) is 4.82. The van der Waals surface area contributed by atoms with E-state index in [0.29, 0.717) is 25.3 Å². The highest BCUT2D eigenvalue weighted by molar-refractivity contribution is 5.81. The minimum absolute atomic E-state index is 0.0882. The highest BCUT2D eigenvalue weighted by Gasteiger charge is 2.27. The Morgan fingerprint density at radius 1 is 1.32 bits per heavy atom. The summed E-state index contributed by atoms with van der Waals surface area (Å²) >= 11 is 0. The van der Waals surface area contributed by atoms with Gasteiger partial charge in [0.05, 0.1) is 12.0 Å². The molecule has 0 bridgehead atoms. The first-order valence-corrected chi connectivity index (χ1v) is 7.21. The minimum atomic E-state index is -0.693. The van der Waals surface area contributed by atoms with Crippen LogP contribution in [0, 0.1) is 17.8 Å². The maximum absolute atomic E-state index is 11.8. The molecule has 0 spiro atoms. The number of carboxylic acid groups (broad SMARTS) is 1. The fourth-order valence-electron chi connectivity index (χ4n) is 2.49. The van der Waals surface area contributed by atoms with Gasteiger partial charge in [0.1, 0.15) is 0 Å². The quantitative estimate of drug-likeness (QED) is 0.679. The topological polar surface area (TPSA) is 92.4 Å². The second-order valence-electron chi connectivity index (χ2n) is 5.71. The molecule has 110 valence electrons. The third-order valence-electron chi connectivity index (χ3n) is 4.32. The Morgan fingerprint density at radius 3 is 2.37 bits per heavy atom. The van der Waals surface area contributed by atoms with Crippen LogP contribution in [0.5, 0.6) is 0 Å². The summed E-state index contributed by atoms with van der Waals surface area (Å²) in [7, 11) is 0. The third-order valence-corrected chi connectivity index (χ3v) is 4.32. The molecule has 0 unspecified atom stereocenters. The van der Waals surface area contributed by atoms with Crippen LogP contribution in [0.25, 0.3) is 0 Å². The molecule has 1 aliphatic carbocycles. The Hall–Kier alpha value is -1.10. The molecular formula is C14H26N2O3. The number of amides is 1. The van der Waals surface area contributed by atoms with E-state index < -0.39 is 12.0 Å². The minimum Gasteiger partial charge on any atom is -0.481 e. The first-order chi connectivity index (χ1) is 8.95. The number of hydrogen-bond donors (Lipinski definition) is 3. The van der Waals surface area contributed by atoms with Crippen molar-refractivity contribution in [1.29, 1.82) is 0 Å². The van der Waals surface area contributed by atoms with Crippen molar-refractivity contribution in [2.45, 2.75) is 52.0 Å². The lowest BCUT2D eigenvalue weighted by Crippen LogP contribution is -2.46. The monoisotopic (exact) mass is 270 g/mol. The normalized spacial score (nSPS) is 26.5. The van der Waals surface area contributed by atoms with Gasteiger partial charge in [-0.05, 0) is 37.5 Å². The van der Waals surface area contributed by atoms with Gasteiger partial charge in [0, 0.05) is 6.54 Å². The average Bonchev–Trinajstić information content (AvgIpc) is 2.43. The Kier molecular flexibility index (Phi) is 6.28. The number of carbonyl (C=O) groups excluding carboxylic acids is 1. The lowest BCUT2D eigenvalue weighted by Gasteiger charge is -2.27. The largest absolute Gasteiger partial charge is 0.481 e. The lowest BCUT2D eigenvalue weighted by atomic mass is 9.82. The van der Waals surface area contributed by atoms with Crippen LogP contribution in [0.15, 0.2) is 0 Å². The molecule has 1 rings (SSSR count). The molecule has 1 fully saturated rings. The van der Waals surface area contributed by atoms with Crippen LogP contribution in [0.1, 0.15) is 46.0 Å². The Balaban J connectivity index is 2.27. The van der Waals surface area contributed by atoms with Crippen molar-refractivity contribution in [3.05, 3.63) is 0 Å². The summed E-state index contributed by atoms with van der Waals surface area (Å²) in [5.74, 6) is -0.406. The fraction of sp³-hybridized carbons (Fsp3) is 0.857. The van der Waals surface area contributed by atoms with Gasteiger partial charge >= 0.3 is 5.97 Å². The van der Waals surface area contributed by atoms with E-state index in [4.69, 9.17) is 10.8 Å². The molecule has 1 aliphatic rings.